The average molecular weight is 365 g/mol. The van der Waals surface area contributed by atoms with Gasteiger partial charge in [-0.2, -0.15) is 0 Å². The Bertz CT molecular complexity index is 602. The number of ether oxygens (including phenoxy) is 4. The van der Waals surface area contributed by atoms with Crippen LogP contribution in [-0.4, -0.2) is 51.5 Å². The van der Waals surface area contributed by atoms with Crippen LogP contribution in [0.1, 0.15) is 37.0 Å². The molecule has 1 fully saturated rings. The highest BCUT2D eigenvalue weighted by atomic mass is 16.6. The van der Waals surface area contributed by atoms with E-state index in [1.165, 1.54) is 14.2 Å². The molecule has 0 spiro atoms. The zero-order valence-corrected chi connectivity index (χ0v) is 15.7. The zero-order valence-electron chi connectivity index (χ0n) is 15.7. The fraction of sp³-hybridized carbons (Fsp3) is 0.579. The van der Waals surface area contributed by atoms with Crippen molar-refractivity contribution in [1.29, 1.82) is 0 Å². The predicted octanol–water partition coefficient (Wildman–Crippen LogP) is 2.18. The second-order valence-electron chi connectivity index (χ2n) is 6.56. The molecule has 1 N–H and O–H groups in total. The molecule has 2 atom stereocenters. The molecule has 1 aromatic carbocycles. The molecule has 7 heteroatoms. The molecule has 0 unspecified atom stereocenters. The van der Waals surface area contributed by atoms with Crippen LogP contribution in [0.15, 0.2) is 18.2 Å². The first-order valence-corrected chi connectivity index (χ1v) is 8.76. The van der Waals surface area contributed by atoms with E-state index in [1.54, 1.807) is 18.2 Å². The standard InChI is InChI=1S/C19H27NO6/c1-12(2)17(19(22)26-11-14-6-5-7-25-14)20-18(21)13-8-15(23-3)10-16(9-13)24-4/h8-10,12,14,17H,5-7,11H2,1-4H3,(H,20,21)/t14-,17+/m1/s1. The molecule has 144 valence electrons. The van der Waals surface area contributed by atoms with Crippen LogP contribution in [0, 0.1) is 5.92 Å². The van der Waals surface area contributed by atoms with Crippen molar-refractivity contribution in [3.8, 4) is 11.5 Å². The Morgan fingerprint density at radius 1 is 1.19 bits per heavy atom. The van der Waals surface area contributed by atoms with Gasteiger partial charge in [0.25, 0.3) is 5.91 Å². The van der Waals surface area contributed by atoms with Crippen LogP contribution >= 0.6 is 0 Å². The smallest absolute Gasteiger partial charge is 0.329 e. The van der Waals surface area contributed by atoms with Crippen LogP contribution < -0.4 is 14.8 Å². The molecule has 0 aromatic heterocycles. The first kappa shape index (κ1) is 20.0. The lowest BCUT2D eigenvalue weighted by atomic mass is 10.0. The Kier molecular flexibility index (Phi) is 7.26. The quantitative estimate of drug-likeness (QED) is 0.711. The Morgan fingerprint density at radius 2 is 1.85 bits per heavy atom. The van der Waals surface area contributed by atoms with Gasteiger partial charge < -0.3 is 24.3 Å². The predicted molar refractivity (Wildman–Crippen MR) is 95.6 cm³/mol. The molecule has 1 heterocycles. The molecule has 1 amide bonds. The molecule has 0 saturated carbocycles. The molecular weight excluding hydrogens is 338 g/mol. The van der Waals surface area contributed by atoms with Gasteiger partial charge in [-0.15, -0.1) is 0 Å². The van der Waals surface area contributed by atoms with Gasteiger partial charge in [-0.1, -0.05) is 13.8 Å². The molecule has 1 aliphatic heterocycles. The van der Waals surface area contributed by atoms with Crippen molar-refractivity contribution in [2.24, 2.45) is 5.92 Å². The summed E-state index contributed by atoms with van der Waals surface area (Å²) in [5, 5.41) is 2.75. The van der Waals surface area contributed by atoms with Crippen molar-refractivity contribution in [3.63, 3.8) is 0 Å². The van der Waals surface area contributed by atoms with E-state index in [1.807, 2.05) is 13.8 Å². The van der Waals surface area contributed by atoms with Crippen molar-refractivity contribution in [1.82, 2.24) is 5.32 Å². The Hall–Kier alpha value is -2.28. The number of methoxy groups -OCH3 is 2. The minimum atomic E-state index is -0.749. The van der Waals surface area contributed by atoms with Gasteiger partial charge >= 0.3 is 5.97 Å². The van der Waals surface area contributed by atoms with E-state index in [-0.39, 0.29) is 18.6 Å². The first-order chi connectivity index (χ1) is 12.4. The summed E-state index contributed by atoms with van der Waals surface area (Å²) in [5.74, 6) is 0.0187. The number of carbonyl (C=O) groups excluding carboxylic acids is 2. The normalized spacial score (nSPS) is 17.7. The number of carbonyl (C=O) groups is 2. The largest absolute Gasteiger partial charge is 0.497 e. The number of rotatable bonds is 8. The van der Waals surface area contributed by atoms with Crippen LogP contribution in [0.4, 0.5) is 0 Å². The molecule has 26 heavy (non-hydrogen) atoms. The SMILES string of the molecule is COc1cc(OC)cc(C(=O)N[C@H](C(=O)OC[C@H]2CCCO2)C(C)C)c1. The summed E-state index contributed by atoms with van der Waals surface area (Å²) in [4.78, 5) is 25.0. The summed E-state index contributed by atoms with van der Waals surface area (Å²) in [6.07, 6.45) is 1.81. The lowest BCUT2D eigenvalue weighted by Crippen LogP contribution is -2.45. The van der Waals surface area contributed by atoms with E-state index in [0.717, 1.165) is 12.8 Å². The molecular formula is C19H27NO6. The summed E-state index contributed by atoms with van der Waals surface area (Å²) in [7, 11) is 3.02. The Morgan fingerprint density at radius 3 is 2.35 bits per heavy atom. The van der Waals surface area contributed by atoms with E-state index in [0.29, 0.717) is 23.7 Å². The summed E-state index contributed by atoms with van der Waals surface area (Å²) < 4.78 is 21.2. The van der Waals surface area contributed by atoms with Crippen molar-refractivity contribution < 1.29 is 28.5 Å². The van der Waals surface area contributed by atoms with Crippen molar-refractivity contribution >= 4 is 11.9 Å². The zero-order chi connectivity index (χ0) is 19.1. The van der Waals surface area contributed by atoms with E-state index in [4.69, 9.17) is 18.9 Å². The van der Waals surface area contributed by atoms with Crippen molar-refractivity contribution in [3.05, 3.63) is 23.8 Å². The van der Waals surface area contributed by atoms with Gasteiger partial charge in [-0.25, -0.2) is 4.79 Å². The molecule has 0 bridgehead atoms. The third-order valence-electron chi connectivity index (χ3n) is 4.26. The molecule has 1 saturated heterocycles. The monoisotopic (exact) mass is 365 g/mol. The fourth-order valence-electron chi connectivity index (χ4n) is 2.70. The maximum Gasteiger partial charge on any atom is 0.329 e. The molecule has 0 radical (unpaired) electrons. The molecule has 1 aliphatic rings. The number of benzene rings is 1. The maximum atomic E-state index is 12.6. The lowest BCUT2D eigenvalue weighted by molar-refractivity contribution is -0.150. The maximum absolute atomic E-state index is 12.6. The lowest BCUT2D eigenvalue weighted by Gasteiger charge is -2.22. The number of nitrogens with one attached hydrogen (secondary N) is 1. The van der Waals surface area contributed by atoms with E-state index in [2.05, 4.69) is 5.32 Å². The van der Waals surface area contributed by atoms with Gasteiger partial charge in [0.15, 0.2) is 0 Å². The second kappa shape index (κ2) is 9.43. The fourth-order valence-corrected chi connectivity index (χ4v) is 2.70. The minimum Gasteiger partial charge on any atom is -0.497 e. The molecule has 7 nitrogen and oxygen atoms in total. The van der Waals surface area contributed by atoms with Gasteiger partial charge in [0.05, 0.1) is 20.3 Å². The summed E-state index contributed by atoms with van der Waals surface area (Å²) in [5.41, 5.74) is 0.346. The van der Waals surface area contributed by atoms with Crippen LogP contribution in [0.3, 0.4) is 0 Å². The number of hydrogen-bond donors (Lipinski definition) is 1. The highest BCUT2D eigenvalue weighted by Crippen LogP contribution is 2.22. The van der Waals surface area contributed by atoms with Crippen molar-refractivity contribution in [2.45, 2.75) is 38.8 Å². The molecule has 0 aliphatic carbocycles. The third-order valence-corrected chi connectivity index (χ3v) is 4.26. The summed E-state index contributed by atoms with van der Waals surface area (Å²) >= 11 is 0. The Labute approximate surface area is 153 Å². The van der Waals surface area contributed by atoms with Crippen LogP contribution in [0.5, 0.6) is 11.5 Å². The highest BCUT2D eigenvalue weighted by Gasteiger charge is 2.28. The van der Waals surface area contributed by atoms with Gasteiger partial charge in [0.2, 0.25) is 0 Å². The molecule has 1 aromatic rings. The van der Waals surface area contributed by atoms with E-state index >= 15 is 0 Å². The van der Waals surface area contributed by atoms with Gasteiger partial charge in [0.1, 0.15) is 24.1 Å². The van der Waals surface area contributed by atoms with E-state index in [9.17, 15) is 9.59 Å². The second-order valence-corrected chi connectivity index (χ2v) is 6.56. The van der Waals surface area contributed by atoms with Crippen LogP contribution in [0.25, 0.3) is 0 Å². The number of amides is 1. The third kappa shape index (κ3) is 5.36. The number of hydrogen-bond acceptors (Lipinski definition) is 6. The van der Waals surface area contributed by atoms with Gasteiger partial charge in [-0.3, -0.25) is 4.79 Å². The van der Waals surface area contributed by atoms with E-state index < -0.39 is 17.9 Å². The van der Waals surface area contributed by atoms with Crippen molar-refractivity contribution in [2.75, 3.05) is 27.4 Å². The number of esters is 1. The van der Waals surface area contributed by atoms with Crippen LogP contribution in [-0.2, 0) is 14.3 Å². The average Bonchev–Trinajstić information content (AvgIpc) is 3.16. The van der Waals surface area contributed by atoms with Crippen LogP contribution in [0.2, 0.25) is 0 Å². The summed E-state index contributed by atoms with van der Waals surface area (Å²) in [6, 6.07) is 4.10. The topological polar surface area (TPSA) is 83.1 Å². The summed E-state index contributed by atoms with van der Waals surface area (Å²) in [6.45, 7) is 4.62. The first-order valence-electron chi connectivity index (χ1n) is 8.76. The molecule has 2 rings (SSSR count). The highest BCUT2D eigenvalue weighted by molar-refractivity contribution is 5.97. The minimum absolute atomic E-state index is 0.0508. The van der Waals surface area contributed by atoms with Gasteiger partial charge in [0, 0.05) is 18.2 Å². The Balaban J connectivity index is 2.03. The van der Waals surface area contributed by atoms with Gasteiger partial charge in [-0.05, 0) is 30.9 Å².